The summed E-state index contributed by atoms with van der Waals surface area (Å²) in [5.74, 6) is -0.00927. The molecule has 0 radical (unpaired) electrons. The number of hydrogen-bond donors (Lipinski definition) is 2. The SMILES string of the molecule is CCn1nc(C)c(O)c1-c1cn(C)c(-c2nc(C(N)=O)cc3c2cnn3C)n1. The van der Waals surface area contributed by atoms with Gasteiger partial charge in [-0.1, -0.05) is 0 Å². The maximum Gasteiger partial charge on any atom is 0.267 e. The van der Waals surface area contributed by atoms with Crippen LogP contribution in [-0.2, 0) is 20.6 Å². The molecule has 0 aliphatic heterocycles. The Kier molecular flexibility index (Phi) is 3.91. The lowest BCUT2D eigenvalue weighted by Gasteiger charge is -2.05. The molecule has 0 atom stereocenters. The highest BCUT2D eigenvalue weighted by molar-refractivity contribution is 5.99. The summed E-state index contributed by atoms with van der Waals surface area (Å²) < 4.78 is 5.14. The summed E-state index contributed by atoms with van der Waals surface area (Å²) in [5.41, 5.74) is 8.44. The first kappa shape index (κ1) is 17.7. The summed E-state index contributed by atoms with van der Waals surface area (Å²) in [6.45, 7) is 4.27. The van der Waals surface area contributed by atoms with Crippen LogP contribution in [0, 0.1) is 6.92 Å². The highest BCUT2D eigenvalue weighted by Gasteiger charge is 2.22. The van der Waals surface area contributed by atoms with E-state index in [1.807, 2.05) is 14.0 Å². The Morgan fingerprint density at radius 1 is 1.29 bits per heavy atom. The number of carbonyl (C=O) groups excluding carboxylic acids is 1. The molecular formula is C18H20N8O2. The number of imidazole rings is 1. The number of primary amides is 1. The molecule has 10 heteroatoms. The van der Waals surface area contributed by atoms with E-state index in [1.165, 1.54) is 0 Å². The largest absolute Gasteiger partial charge is 0.504 e. The van der Waals surface area contributed by atoms with Gasteiger partial charge < -0.3 is 15.4 Å². The van der Waals surface area contributed by atoms with Gasteiger partial charge >= 0.3 is 0 Å². The van der Waals surface area contributed by atoms with Gasteiger partial charge in [-0.15, -0.1) is 0 Å². The number of pyridine rings is 1. The van der Waals surface area contributed by atoms with Crippen molar-refractivity contribution >= 4 is 16.8 Å². The van der Waals surface area contributed by atoms with Crippen LogP contribution in [0.3, 0.4) is 0 Å². The minimum atomic E-state index is -0.629. The zero-order valence-electron chi connectivity index (χ0n) is 16.0. The van der Waals surface area contributed by atoms with E-state index >= 15 is 0 Å². The lowest BCUT2D eigenvalue weighted by atomic mass is 10.2. The van der Waals surface area contributed by atoms with Crippen molar-refractivity contribution < 1.29 is 9.90 Å². The number of nitrogens with two attached hydrogens (primary N) is 1. The highest BCUT2D eigenvalue weighted by atomic mass is 16.3. The summed E-state index contributed by atoms with van der Waals surface area (Å²) >= 11 is 0. The molecule has 0 saturated carbocycles. The van der Waals surface area contributed by atoms with Gasteiger partial charge in [0.25, 0.3) is 5.91 Å². The Morgan fingerprint density at radius 2 is 2.04 bits per heavy atom. The zero-order valence-corrected chi connectivity index (χ0v) is 16.0. The Bertz CT molecular complexity index is 1230. The van der Waals surface area contributed by atoms with Crippen molar-refractivity contribution in [2.45, 2.75) is 20.4 Å². The highest BCUT2D eigenvalue weighted by Crippen LogP contribution is 2.34. The van der Waals surface area contributed by atoms with E-state index in [1.54, 1.807) is 46.4 Å². The standard InChI is InChI=1S/C18H20N8O2/c1-5-26-15(16(27)9(2)23-26)12-8-24(3)18(22-12)14-10-7-20-25(4)13(10)6-11(21-14)17(19)28/h6-8,27H,5H2,1-4H3,(H2,19,28). The van der Waals surface area contributed by atoms with Crippen molar-refractivity contribution in [1.29, 1.82) is 0 Å². The average Bonchev–Trinajstić information content (AvgIpc) is 3.31. The predicted molar refractivity (Wildman–Crippen MR) is 103 cm³/mol. The Morgan fingerprint density at radius 3 is 2.71 bits per heavy atom. The number of hydrogen-bond acceptors (Lipinski definition) is 6. The summed E-state index contributed by atoms with van der Waals surface area (Å²) in [6.07, 6.45) is 3.47. The van der Waals surface area contributed by atoms with Crippen molar-refractivity contribution in [2.75, 3.05) is 0 Å². The van der Waals surface area contributed by atoms with Crippen LogP contribution in [0.25, 0.3) is 33.8 Å². The van der Waals surface area contributed by atoms with Gasteiger partial charge in [-0.2, -0.15) is 10.2 Å². The number of rotatable bonds is 4. The number of nitrogens with zero attached hydrogens (tertiary/aromatic N) is 7. The smallest absolute Gasteiger partial charge is 0.267 e. The zero-order chi connectivity index (χ0) is 20.2. The molecule has 0 bridgehead atoms. The van der Waals surface area contributed by atoms with E-state index in [9.17, 15) is 9.90 Å². The lowest BCUT2D eigenvalue weighted by molar-refractivity contribution is 0.0996. The third-order valence-corrected chi connectivity index (χ3v) is 4.72. The van der Waals surface area contributed by atoms with Crippen molar-refractivity contribution in [2.24, 2.45) is 19.8 Å². The van der Waals surface area contributed by atoms with Crippen LogP contribution in [0.4, 0.5) is 0 Å². The van der Waals surface area contributed by atoms with Crippen LogP contribution in [0.1, 0.15) is 23.1 Å². The van der Waals surface area contributed by atoms with E-state index in [-0.39, 0.29) is 11.4 Å². The van der Waals surface area contributed by atoms with Crippen molar-refractivity contribution in [3.05, 3.63) is 29.8 Å². The molecule has 144 valence electrons. The van der Waals surface area contributed by atoms with E-state index < -0.39 is 5.91 Å². The van der Waals surface area contributed by atoms with Gasteiger partial charge in [0.1, 0.15) is 28.5 Å². The van der Waals surface area contributed by atoms with E-state index in [0.717, 1.165) is 10.9 Å². The molecule has 0 spiro atoms. The average molecular weight is 380 g/mol. The molecule has 4 aromatic heterocycles. The van der Waals surface area contributed by atoms with Gasteiger partial charge in [-0.25, -0.2) is 9.97 Å². The van der Waals surface area contributed by atoms with Gasteiger partial charge in [0.15, 0.2) is 11.6 Å². The number of aromatic hydroxyl groups is 1. The fourth-order valence-corrected chi connectivity index (χ4v) is 3.29. The molecule has 28 heavy (non-hydrogen) atoms. The predicted octanol–water partition coefficient (Wildman–Crippen LogP) is 1.37. The third kappa shape index (κ3) is 2.53. The first-order valence-electron chi connectivity index (χ1n) is 8.74. The number of amides is 1. The van der Waals surface area contributed by atoms with Gasteiger partial charge in [0.05, 0.1) is 11.7 Å². The molecule has 1 amide bonds. The molecular weight excluding hydrogens is 360 g/mol. The molecule has 0 saturated heterocycles. The summed E-state index contributed by atoms with van der Waals surface area (Å²) in [4.78, 5) is 20.9. The number of carbonyl (C=O) groups is 1. The molecule has 4 aromatic rings. The normalized spacial score (nSPS) is 11.4. The van der Waals surface area contributed by atoms with Crippen LogP contribution in [0.15, 0.2) is 18.5 Å². The second-order valence-corrected chi connectivity index (χ2v) is 6.58. The summed E-state index contributed by atoms with van der Waals surface area (Å²) in [5, 5.41) is 19.8. The van der Waals surface area contributed by atoms with Gasteiger partial charge in [-0.3, -0.25) is 14.2 Å². The first-order valence-corrected chi connectivity index (χ1v) is 8.74. The molecule has 4 heterocycles. The van der Waals surface area contributed by atoms with Crippen molar-refractivity contribution in [3.63, 3.8) is 0 Å². The maximum atomic E-state index is 11.8. The maximum absolute atomic E-state index is 11.8. The van der Waals surface area contributed by atoms with E-state index in [4.69, 9.17) is 5.73 Å². The first-order chi connectivity index (χ1) is 13.3. The molecule has 0 aromatic carbocycles. The summed E-state index contributed by atoms with van der Waals surface area (Å²) in [6, 6.07) is 1.61. The summed E-state index contributed by atoms with van der Waals surface area (Å²) in [7, 11) is 3.60. The minimum Gasteiger partial charge on any atom is -0.504 e. The van der Waals surface area contributed by atoms with Gasteiger partial charge in [-0.05, 0) is 19.9 Å². The Labute approximate surface area is 160 Å². The topological polar surface area (TPSA) is 130 Å². The Hall–Kier alpha value is -3.69. The van der Waals surface area contributed by atoms with Crippen LogP contribution >= 0.6 is 0 Å². The molecule has 0 unspecified atom stereocenters. The lowest BCUT2D eigenvalue weighted by Crippen LogP contribution is -2.14. The molecule has 0 fully saturated rings. The van der Waals surface area contributed by atoms with Crippen LogP contribution < -0.4 is 5.73 Å². The minimum absolute atomic E-state index is 0.0943. The number of aromatic nitrogens is 7. The van der Waals surface area contributed by atoms with E-state index in [0.29, 0.717) is 35.1 Å². The molecule has 10 nitrogen and oxygen atoms in total. The Balaban J connectivity index is 1.97. The van der Waals surface area contributed by atoms with Crippen LogP contribution in [0.5, 0.6) is 5.75 Å². The fourth-order valence-electron chi connectivity index (χ4n) is 3.29. The van der Waals surface area contributed by atoms with Crippen molar-refractivity contribution in [3.8, 4) is 28.7 Å². The third-order valence-electron chi connectivity index (χ3n) is 4.72. The fraction of sp³-hybridized carbons (Fsp3) is 0.278. The second kappa shape index (κ2) is 6.19. The quantitative estimate of drug-likeness (QED) is 0.550. The van der Waals surface area contributed by atoms with Crippen LogP contribution in [-0.4, -0.2) is 45.1 Å². The van der Waals surface area contributed by atoms with Gasteiger partial charge in [0, 0.05) is 32.2 Å². The number of aryl methyl sites for hydroxylation is 4. The van der Waals surface area contributed by atoms with Gasteiger partial charge in [0.2, 0.25) is 0 Å². The molecule has 0 aliphatic rings. The van der Waals surface area contributed by atoms with Crippen LogP contribution in [0.2, 0.25) is 0 Å². The number of fused-ring (bicyclic) bond motifs is 1. The molecule has 3 N–H and O–H groups in total. The molecule has 4 rings (SSSR count). The molecule has 0 aliphatic carbocycles. The second-order valence-electron chi connectivity index (χ2n) is 6.58. The van der Waals surface area contributed by atoms with Crippen molar-refractivity contribution in [1.82, 2.24) is 34.1 Å². The monoisotopic (exact) mass is 380 g/mol. The van der Waals surface area contributed by atoms with E-state index in [2.05, 4.69) is 20.2 Å².